The smallest absolute Gasteiger partial charge is 0.337 e. The van der Waals surface area contributed by atoms with Crippen LogP contribution in [0.25, 0.3) is 11.0 Å². The number of rotatable bonds is 1. The van der Waals surface area contributed by atoms with Crippen molar-refractivity contribution < 1.29 is 9.90 Å². The first kappa shape index (κ1) is 9.79. The minimum absolute atomic E-state index is 0.0220. The first-order valence-electron chi connectivity index (χ1n) is 4.14. The Morgan fingerprint density at radius 1 is 1.67 bits per heavy atom. The predicted molar refractivity (Wildman–Crippen MR) is 57.1 cm³/mol. The minimum Gasteiger partial charge on any atom is -0.478 e. The highest BCUT2D eigenvalue weighted by molar-refractivity contribution is 6.38. The fourth-order valence-corrected chi connectivity index (χ4v) is 1.79. The van der Waals surface area contributed by atoms with Crippen molar-refractivity contribution in [3.05, 3.63) is 23.0 Å². The molecule has 0 aliphatic heterocycles. The lowest BCUT2D eigenvalue weighted by molar-refractivity contribution is 0.0698. The number of hydrogen-bond donors (Lipinski definition) is 2. The van der Waals surface area contributed by atoms with E-state index < -0.39 is 5.97 Å². The molecule has 1 heterocycles. The van der Waals surface area contributed by atoms with Crippen LogP contribution in [0, 0.1) is 0 Å². The fourth-order valence-electron chi connectivity index (χ4n) is 1.46. The van der Waals surface area contributed by atoms with E-state index >= 15 is 0 Å². The normalized spacial score (nSPS) is 10.8. The molecule has 6 heteroatoms. The van der Waals surface area contributed by atoms with Gasteiger partial charge in [-0.25, -0.2) is 9.78 Å². The molecule has 78 valence electrons. The van der Waals surface area contributed by atoms with Gasteiger partial charge < -0.3 is 15.4 Å². The molecule has 0 unspecified atom stereocenters. The molecule has 1 aromatic heterocycles. The van der Waals surface area contributed by atoms with E-state index in [0.29, 0.717) is 11.0 Å². The van der Waals surface area contributed by atoms with Gasteiger partial charge in [0.05, 0.1) is 33.6 Å². The maximum Gasteiger partial charge on any atom is 0.337 e. The number of benzene rings is 1. The van der Waals surface area contributed by atoms with Crippen LogP contribution in [0.4, 0.5) is 5.69 Å². The number of aromatic carboxylic acids is 1. The molecule has 0 atom stereocenters. The average Bonchev–Trinajstić information content (AvgIpc) is 2.53. The Morgan fingerprint density at radius 2 is 2.33 bits per heavy atom. The van der Waals surface area contributed by atoms with Crippen LogP contribution < -0.4 is 5.73 Å². The summed E-state index contributed by atoms with van der Waals surface area (Å²) in [7, 11) is 1.76. The maximum absolute atomic E-state index is 10.9. The van der Waals surface area contributed by atoms with E-state index in [1.54, 1.807) is 17.9 Å². The molecular weight excluding hydrogens is 218 g/mol. The highest BCUT2D eigenvalue weighted by atomic mass is 35.5. The van der Waals surface area contributed by atoms with Gasteiger partial charge in [-0.1, -0.05) is 11.6 Å². The highest BCUT2D eigenvalue weighted by Crippen LogP contribution is 2.31. The van der Waals surface area contributed by atoms with Crippen LogP contribution in [-0.2, 0) is 7.05 Å². The summed E-state index contributed by atoms with van der Waals surface area (Å²) in [6, 6.07) is 1.42. The van der Waals surface area contributed by atoms with Gasteiger partial charge in [0.1, 0.15) is 0 Å². The number of carboxylic acids is 1. The quantitative estimate of drug-likeness (QED) is 0.721. The average molecular weight is 226 g/mol. The second-order valence-corrected chi connectivity index (χ2v) is 3.56. The standard InChI is InChI=1S/C9H8ClN3O2/c1-13-3-12-5-2-4(9(14)15)7(11)6(10)8(5)13/h2-3H,11H2,1H3,(H,14,15). The van der Waals surface area contributed by atoms with Gasteiger partial charge in [0.25, 0.3) is 0 Å². The topological polar surface area (TPSA) is 81.1 Å². The van der Waals surface area contributed by atoms with E-state index in [4.69, 9.17) is 22.4 Å². The largest absolute Gasteiger partial charge is 0.478 e. The molecule has 0 fully saturated rings. The monoisotopic (exact) mass is 225 g/mol. The third kappa shape index (κ3) is 1.32. The summed E-state index contributed by atoms with van der Waals surface area (Å²) in [5.74, 6) is -1.11. The SMILES string of the molecule is Cn1cnc2cc(C(=O)O)c(N)c(Cl)c21. The summed E-state index contributed by atoms with van der Waals surface area (Å²) in [4.78, 5) is 14.9. The van der Waals surface area contributed by atoms with Crippen LogP contribution in [0.1, 0.15) is 10.4 Å². The summed E-state index contributed by atoms with van der Waals surface area (Å²) in [5.41, 5.74) is 6.83. The Hall–Kier alpha value is -1.75. The molecule has 0 spiro atoms. The molecule has 0 amide bonds. The number of hydrogen-bond acceptors (Lipinski definition) is 3. The third-order valence-electron chi connectivity index (χ3n) is 2.21. The number of nitrogens with two attached hydrogens (primary N) is 1. The Kier molecular flexibility index (Phi) is 2.04. The number of aryl methyl sites for hydroxylation is 1. The van der Waals surface area contributed by atoms with Crippen LogP contribution in [0.5, 0.6) is 0 Å². The fraction of sp³-hybridized carbons (Fsp3) is 0.111. The van der Waals surface area contributed by atoms with Crippen LogP contribution in [-0.4, -0.2) is 20.6 Å². The van der Waals surface area contributed by atoms with Crippen molar-refractivity contribution >= 4 is 34.3 Å². The number of anilines is 1. The first-order valence-corrected chi connectivity index (χ1v) is 4.52. The lowest BCUT2D eigenvalue weighted by atomic mass is 10.1. The molecule has 3 N–H and O–H groups in total. The molecule has 0 bridgehead atoms. The van der Waals surface area contributed by atoms with Crippen molar-refractivity contribution in [2.75, 3.05) is 5.73 Å². The predicted octanol–water partition coefficient (Wildman–Crippen LogP) is 1.51. The molecule has 0 aliphatic carbocycles. The van der Waals surface area contributed by atoms with Crippen LogP contribution in [0.2, 0.25) is 5.02 Å². The van der Waals surface area contributed by atoms with Crippen LogP contribution in [0.15, 0.2) is 12.4 Å². The highest BCUT2D eigenvalue weighted by Gasteiger charge is 2.16. The zero-order chi connectivity index (χ0) is 11.2. The Balaban J connectivity index is 2.90. The van der Waals surface area contributed by atoms with Crippen LogP contribution >= 0.6 is 11.6 Å². The molecule has 15 heavy (non-hydrogen) atoms. The summed E-state index contributed by atoms with van der Waals surface area (Å²) in [6.45, 7) is 0. The van der Waals surface area contributed by atoms with Crippen molar-refractivity contribution in [1.29, 1.82) is 0 Å². The van der Waals surface area contributed by atoms with Crippen molar-refractivity contribution in [1.82, 2.24) is 9.55 Å². The summed E-state index contributed by atoms with van der Waals surface area (Å²) < 4.78 is 1.69. The van der Waals surface area contributed by atoms with Crippen molar-refractivity contribution in [3.63, 3.8) is 0 Å². The molecule has 0 radical (unpaired) electrons. The van der Waals surface area contributed by atoms with Gasteiger partial charge in [-0.15, -0.1) is 0 Å². The molecule has 1 aromatic carbocycles. The van der Waals surface area contributed by atoms with Gasteiger partial charge in [0, 0.05) is 7.05 Å². The van der Waals surface area contributed by atoms with Crippen molar-refractivity contribution in [3.8, 4) is 0 Å². The number of halogens is 1. The third-order valence-corrected chi connectivity index (χ3v) is 2.59. The molecule has 2 aromatic rings. The minimum atomic E-state index is -1.11. The molecule has 0 saturated heterocycles. The van der Waals surface area contributed by atoms with Crippen molar-refractivity contribution in [2.45, 2.75) is 0 Å². The Labute approximate surface area is 90.1 Å². The van der Waals surface area contributed by atoms with Crippen molar-refractivity contribution in [2.24, 2.45) is 7.05 Å². The summed E-state index contributed by atoms with van der Waals surface area (Å²) in [5, 5.41) is 9.11. The summed E-state index contributed by atoms with van der Waals surface area (Å²) in [6.07, 6.45) is 1.56. The van der Waals surface area contributed by atoms with Crippen LogP contribution in [0.3, 0.4) is 0 Å². The lowest BCUT2D eigenvalue weighted by Crippen LogP contribution is -2.03. The van der Waals surface area contributed by atoms with Gasteiger partial charge in [0.2, 0.25) is 0 Å². The van der Waals surface area contributed by atoms with Gasteiger partial charge in [-0.2, -0.15) is 0 Å². The Bertz CT molecular complexity index is 562. The number of nitrogen functional groups attached to an aromatic ring is 1. The number of imidazole rings is 1. The molecule has 5 nitrogen and oxygen atoms in total. The van der Waals surface area contributed by atoms with Gasteiger partial charge in [-0.05, 0) is 6.07 Å². The number of aromatic nitrogens is 2. The van der Waals surface area contributed by atoms with Gasteiger partial charge in [0.15, 0.2) is 0 Å². The number of nitrogens with zero attached hydrogens (tertiary/aromatic N) is 2. The van der Waals surface area contributed by atoms with E-state index in [9.17, 15) is 4.79 Å². The zero-order valence-corrected chi connectivity index (χ0v) is 8.62. The number of fused-ring (bicyclic) bond motifs is 1. The summed E-state index contributed by atoms with van der Waals surface area (Å²) >= 11 is 5.97. The van der Waals surface area contributed by atoms with E-state index in [1.165, 1.54) is 6.07 Å². The van der Waals surface area contributed by atoms with Gasteiger partial charge in [-0.3, -0.25) is 0 Å². The number of carboxylic acid groups (broad SMARTS) is 1. The molecule has 2 rings (SSSR count). The Morgan fingerprint density at radius 3 is 2.93 bits per heavy atom. The zero-order valence-electron chi connectivity index (χ0n) is 7.86. The second kappa shape index (κ2) is 3.13. The van der Waals surface area contributed by atoms with E-state index in [-0.39, 0.29) is 16.3 Å². The molecular formula is C9H8ClN3O2. The van der Waals surface area contributed by atoms with E-state index in [0.717, 1.165) is 0 Å². The number of carbonyl (C=O) groups is 1. The van der Waals surface area contributed by atoms with E-state index in [2.05, 4.69) is 4.98 Å². The van der Waals surface area contributed by atoms with E-state index in [1.807, 2.05) is 0 Å². The van der Waals surface area contributed by atoms with Gasteiger partial charge >= 0.3 is 5.97 Å². The molecule has 0 saturated carbocycles. The first-order chi connectivity index (χ1) is 7.02. The molecule has 0 aliphatic rings. The lowest BCUT2D eigenvalue weighted by Gasteiger charge is -2.05. The maximum atomic E-state index is 10.9. The second-order valence-electron chi connectivity index (χ2n) is 3.18.